The van der Waals surface area contributed by atoms with Crippen molar-refractivity contribution in [2.75, 3.05) is 6.61 Å². The lowest BCUT2D eigenvalue weighted by Gasteiger charge is -1.89. The molecule has 0 atom stereocenters. The summed E-state index contributed by atoms with van der Waals surface area (Å²) in [7, 11) is 0. The Morgan fingerprint density at radius 1 is 1.75 bits per heavy atom. The van der Waals surface area contributed by atoms with Gasteiger partial charge >= 0.3 is 0 Å². The molecule has 0 aliphatic rings. The van der Waals surface area contributed by atoms with E-state index in [1.165, 1.54) is 0 Å². The lowest BCUT2D eigenvalue weighted by Crippen LogP contribution is -2.02. The summed E-state index contributed by atoms with van der Waals surface area (Å²) in [6, 6.07) is 0. The SMILES string of the molecule is [NH]C(=O)CCOC=O. The Balaban J connectivity index is 2.93. The van der Waals surface area contributed by atoms with Crippen LogP contribution in [0.15, 0.2) is 0 Å². The summed E-state index contributed by atoms with van der Waals surface area (Å²) >= 11 is 0. The fourth-order valence-electron chi connectivity index (χ4n) is 0.200. The Morgan fingerprint density at radius 3 is 2.75 bits per heavy atom. The molecule has 0 aromatic carbocycles. The van der Waals surface area contributed by atoms with Gasteiger partial charge in [-0.15, -0.1) is 0 Å². The molecule has 0 saturated heterocycles. The Morgan fingerprint density at radius 2 is 2.38 bits per heavy atom. The normalized spacial score (nSPS) is 8.00. The highest BCUT2D eigenvalue weighted by Gasteiger charge is 1.91. The van der Waals surface area contributed by atoms with Crippen molar-refractivity contribution in [3.63, 3.8) is 0 Å². The Kier molecular flexibility index (Phi) is 3.56. The van der Waals surface area contributed by atoms with Gasteiger partial charge in [0.05, 0.1) is 13.0 Å². The van der Waals surface area contributed by atoms with Crippen LogP contribution in [0.5, 0.6) is 0 Å². The molecule has 0 unspecified atom stereocenters. The highest BCUT2D eigenvalue weighted by Crippen LogP contribution is 1.76. The zero-order chi connectivity index (χ0) is 6.41. The quantitative estimate of drug-likeness (QED) is 0.362. The first-order valence-electron chi connectivity index (χ1n) is 2.07. The van der Waals surface area contributed by atoms with E-state index < -0.39 is 5.91 Å². The van der Waals surface area contributed by atoms with Gasteiger partial charge in [0.15, 0.2) is 0 Å². The smallest absolute Gasteiger partial charge is 0.293 e. The van der Waals surface area contributed by atoms with Crippen LogP contribution in [0.2, 0.25) is 0 Å². The number of ether oxygens (including phenoxy) is 1. The van der Waals surface area contributed by atoms with Crippen molar-refractivity contribution in [3.8, 4) is 0 Å². The average molecular weight is 116 g/mol. The van der Waals surface area contributed by atoms with E-state index in [4.69, 9.17) is 5.73 Å². The second-order valence-electron chi connectivity index (χ2n) is 1.14. The van der Waals surface area contributed by atoms with Crippen LogP contribution < -0.4 is 5.73 Å². The van der Waals surface area contributed by atoms with Gasteiger partial charge in [0.25, 0.3) is 6.47 Å². The van der Waals surface area contributed by atoms with Crippen LogP contribution in [-0.4, -0.2) is 19.0 Å². The summed E-state index contributed by atoms with van der Waals surface area (Å²) in [5.74, 6) is -0.716. The number of carbonyl (C=O) groups excluding carboxylic acids is 2. The van der Waals surface area contributed by atoms with E-state index in [9.17, 15) is 9.59 Å². The van der Waals surface area contributed by atoms with Gasteiger partial charge in [0.1, 0.15) is 0 Å². The van der Waals surface area contributed by atoms with E-state index in [0.717, 1.165) is 0 Å². The Bertz CT molecular complexity index is 91.3. The third-order valence-corrected chi connectivity index (χ3v) is 0.515. The van der Waals surface area contributed by atoms with Crippen LogP contribution in [0.3, 0.4) is 0 Å². The molecular formula is C4H6NO3. The first kappa shape index (κ1) is 6.94. The molecule has 4 nitrogen and oxygen atoms in total. The molecular weight excluding hydrogens is 110 g/mol. The van der Waals surface area contributed by atoms with E-state index in [-0.39, 0.29) is 19.5 Å². The molecule has 1 radical (unpaired) electrons. The largest absolute Gasteiger partial charge is 0.467 e. The minimum absolute atomic E-state index is 0.0151. The maximum atomic E-state index is 9.79. The van der Waals surface area contributed by atoms with Gasteiger partial charge in [-0.2, -0.15) is 0 Å². The summed E-state index contributed by atoms with van der Waals surface area (Å²) in [6.45, 7) is 0.273. The summed E-state index contributed by atoms with van der Waals surface area (Å²) in [6.07, 6.45) is -0.0151. The standard InChI is InChI=1S/C4H6NO3/c5-4(7)1-2-8-3-6/h3,5H,1-2H2. The number of nitrogens with one attached hydrogen (secondary N) is 1. The number of hydrogen-bond acceptors (Lipinski definition) is 3. The summed E-state index contributed by atoms with van der Waals surface area (Å²) in [5.41, 5.74) is 6.32. The molecule has 0 bridgehead atoms. The summed E-state index contributed by atoms with van der Waals surface area (Å²) in [5, 5.41) is 0. The van der Waals surface area contributed by atoms with Gasteiger partial charge in [0, 0.05) is 0 Å². The zero-order valence-electron chi connectivity index (χ0n) is 4.22. The zero-order valence-corrected chi connectivity index (χ0v) is 4.22. The van der Waals surface area contributed by atoms with Crippen molar-refractivity contribution in [2.24, 2.45) is 0 Å². The summed E-state index contributed by atoms with van der Waals surface area (Å²) in [4.78, 5) is 19.2. The van der Waals surface area contributed by atoms with Gasteiger partial charge in [-0.3, -0.25) is 15.3 Å². The van der Waals surface area contributed by atoms with Crippen LogP contribution in [-0.2, 0) is 14.3 Å². The Hall–Kier alpha value is -1.06. The van der Waals surface area contributed by atoms with Crippen LogP contribution in [0.25, 0.3) is 0 Å². The molecule has 1 N–H and O–H groups in total. The topological polar surface area (TPSA) is 67.2 Å². The first-order valence-corrected chi connectivity index (χ1v) is 2.07. The molecule has 8 heavy (non-hydrogen) atoms. The van der Waals surface area contributed by atoms with Crippen LogP contribution in [0.4, 0.5) is 0 Å². The molecule has 4 heteroatoms. The molecule has 0 aromatic heterocycles. The molecule has 0 aliphatic heterocycles. The number of rotatable bonds is 4. The average Bonchev–Trinajstić information content (AvgIpc) is 1.66. The fourth-order valence-corrected chi connectivity index (χ4v) is 0.200. The van der Waals surface area contributed by atoms with Crippen molar-refractivity contribution in [2.45, 2.75) is 6.42 Å². The third kappa shape index (κ3) is 4.94. The van der Waals surface area contributed by atoms with E-state index in [2.05, 4.69) is 4.74 Å². The predicted molar refractivity (Wildman–Crippen MR) is 24.7 cm³/mol. The molecule has 0 heterocycles. The number of carbonyl (C=O) groups is 2. The number of amides is 1. The van der Waals surface area contributed by atoms with Gasteiger partial charge in [-0.05, 0) is 0 Å². The highest BCUT2D eigenvalue weighted by molar-refractivity contribution is 5.73. The van der Waals surface area contributed by atoms with Crippen molar-refractivity contribution in [1.82, 2.24) is 5.73 Å². The predicted octanol–water partition coefficient (Wildman–Crippen LogP) is -0.641. The lowest BCUT2D eigenvalue weighted by molar-refractivity contribution is -0.130. The Labute approximate surface area is 46.6 Å². The minimum Gasteiger partial charge on any atom is -0.467 e. The maximum Gasteiger partial charge on any atom is 0.293 e. The van der Waals surface area contributed by atoms with Gasteiger partial charge < -0.3 is 4.74 Å². The van der Waals surface area contributed by atoms with Gasteiger partial charge in [-0.25, -0.2) is 0 Å². The van der Waals surface area contributed by atoms with E-state index in [1.54, 1.807) is 0 Å². The molecule has 0 aliphatic carbocycles. The fraction of sp³-hybridized carbons (Fsp3) is 0.500. The van der Waals surface area contributed by atoms with Gasteiger partial charge in [-0.1, -0.05) is 0 Å². The molecule has 0 rings (SSSR count). The number of hydrogen-bond donors (Lipinski definition) is 0. The second-order valence-corrected chi connectivity index (χ2v) is 1.14. The van der Waals surface area contributed by atoms with Gasteiger partial charge in [0.2, 0.25) is 5.91 Å². The monoisotopic (exact) mass is 116 g/mol. The van der Waals surface area contributed by atoms with E-state index in [0.29, 0.717) is 0 Å². The maximum absolute atomic E-state index is 9.79. The molecule has 45 valence electrons. The molecule has 0 aromatic rings. The van der Waals surface area contributed by atoms with Crippen molar-refractivity contribution >= 4 is 12.4 Å². The van der Waals surface area contributed by atoms with Crippen LogP contribution >= 0.6 is 0 Å². The first-order chi connectivity index (χ1) is 3.77. The highest BCUT2D eigenvalue weighted by atomic mass is 16.5. The van der Waals surface area contributed by atoms with Crippen molar-refractivity contribution < 1.29 is 14.3 Å². The second kappa shape index (κ2) is 4.11. The van der Waals surface area contributed by atoms with Crippen molar-refractivity contribution in [3.05, 3.63) is 0 Å². The third-order valence-electron chi connectivity index (χ3n) is 0.515. The lowest BCUT2D eigenvalue weighted by atomic mass is 10.4. The van der Waals surface area contributed by atoms with Crippen LogP contribution in [0.1, 0.15) is 6.42 Å². The summed E-state index contributed by atoms with van der Waals surface area (Å²) < 4.78 is 4.12. The minimum atomic E-state index is -0.716. The molecule has 0 saturated carbocycles. The molecule has 0 spiro atoms. The van der Waals surface area contributed by atoms with Crippen molar-refractivity contribution in [1.29, 1.82) is 0 Å². The van der Waals surface area contributed by atoms with Crippen LogP contribution in [0, 0.1) is 0 Å². The molecule has 0 fully saturated rings. The molecule has 1 amide bonds. The van der Waals surface area contributed by atoms with E-state index in [1.807, 2.05) is 0 Å². The van der Waals surface area contributed by atoms with E-state index >= 15 is 0 Å².